The van der Waals surface area contributed by atoms with E-state index in [2.05, 4.69) is 29.6 Å². The Labute approximate surface area is 217 Å². The van der Waals surface area contributed by atoms with Crippen LogP contribution >= 0.6 is 0 Å². The van der Waals surface area contributed by atoms with Crippen LogP contribution in [0.2, 0.25) is 0 Å². The van der Waals surface area contributed by atoms with Gasteiger partial charge in [-0.1, -0.05) is 48.5 Å². The first kappa shape index (κ1) is 25.9. The minimum absolute atomic E-state index is 0.0324. The van der Waals surface area contributed by atoms with Gasteiger partial charge in [0.15, 0.2) is 0 Å². The van der Waals surface area contributed by atoms with Crippen molar-refractivity contribution in [2.75, 3.05) is 20.2 Å². The number of nitrogens with two attached hydrogens (primary N) is 1. The number of nitrogens with one attached hydrogen (secondary N) is 1. The Bertz CT molecular complexity index is 1270. The second-order valence-electron chi connectivity index (χ2n) is 9.32. The second-order valence-corrected chi connectivity index (χ2v) is 9.32. The molecule has 1 aliphatic heterocycles. The number of rotatable bonds is 9. The molecule has 0 saturated carbocycles. The molecule has 7 nitrogen and oxygen atoms in total. The molecule has 0 radical (unpaired) electrons. The van der Waals surface area contributed by atoms with Crippen LogP contribution in [-0.2, 0) is 16.1 Å². The van der Waals surface area contributed by atoms with E-state index in [-0.39, 0.29) is 30.7 Å². The summed E-state index contributed by atoms with van der Waals surface area (Å²) in [6.07, 6.45) is 1.01. The molecule has 0 aromatic heterocycles. The van der Waals surface area contributed by atoms with Crippen molar-refractivity contribution in [3.63, 3.8) is 0 Å². The van der Waals surface area contributed by atoms with Gasteiger partial charge in [-0.05, 0) is 47.4 Å². The van der Waals surface area contributed by atoms with E-state index in [1.807, 2.05) is 59.5 Å². The Balaban J connectivity index is 1.51. The summed E-state index contributed by atoms with van der Waals surface area (Å²) in [6, 6.07) is 26.2. The highest BCUT2D eigenvalue weighted by Gasteiger charge is 2.32. The van der Waals surface area contributed by atoms with Crippen molar-refractivity contribution in [3.8, 4) is 22.9 Å². The fourth-order valence-corrected chi connectivity index (χ4v) is 4.92. The first-order valence-electron chi connectivity index (χ1n) is 12.5. The lowest BCUT2D eigenvalue weighted by Gasteiger charge is -2.39. The van der Waals surface area contributed by atoms with E-state index in [1.165, 1.54) is 5.56 Å². The molecule has 0 unspecified atom stereocenters. The predicted molar refractivity (Wildman–Crippen MR) is 143 cm³/mol. The third kappa shape index (κ3) is 6.54. The van der Waals surface area contributed by atoms with Crippen LogP contribution in [0.15, 0.2) is 72.8 Å². The van der Waals surface area contributed by atoms with E-state index in [0.717, 1.165) is 28.9 Å². The summed E-state index contributed by atoms with van der Waals surface area (Å²) >= 11 is 0. The van der Waals surface area contributed by atoms with E-state index in [1.54, 1.807) is 7.11 Å². The maximum Gasteiger partial charge on any atom is 0.223 e. The van der Waals surface area contributed by atoms with Crippen LogP contribution in [0.25, 0.3) is 11.1 Å². The minimum atomic E-state index is -0.457. The summed E-state index contributed by atoms with van der Waals surface area (Å²) in [4.78, 5) is 25.7. The monoisotopic (exact) mass is 496 g/mol. The molecular formula is C30H32N4O3. The van der Waals surface area contributed by atoms with Crippen molar-refractivity contribution < 1.29 is 14.3 Å². The second kappa shape index (κ2) is 12.2. The Morgan fingerprint density at radius 1 is 1.05 bits per heavy atom. The Morgan fingerprint density at radius 2 is 1.78 bits per heavy atom. The maximum atomic E-state index is 12.7. The normalized spacial score (nSPS) is 17.1. The van der Waals surface area contributed by atoms with E-state index in [0.29, 0.717) is 25.2 Å². The molecule has 4 rings (SSSR count). The van der Waals surface area contributed by atoms with Gasteiger partial charge in [0, 0.05) is 50.0 Å². The third-order valence-electron chi connectivity index (χ3n) is 6.96. The van der Waals surface area contributed by atoms with Crippen LogP contribution < -0.4 is 15.8 Å². The molecule has 1 saturated heterocycles. The molecule has 3 aromatic rings. The summed E-state index contributed by atoms with van der Waals surface area (Å²) in [5.41, 5.74) is 10.2. The summed E-state index contributed by atoms with van der Waals surface area (Å²) in [7, 11) is 1.67. The number of methoxy groups -OCH3 is 1. The number of hydrogen-bond acceptors (Lipinski definition) is 5. The molecule has 3 aromatic carbocycles. The molecule has 1 fully saturated rings. The van der Waals surface area contributed by atoms with Gasteiger partial charge in [-0.25, -0.2) is 0 Å². The maximum absolute atomic E-state index is 12.7. The van der Waals surface area contributed by atoms with Crippen molar-refractivity contribution in [3.05, 3.63) is 89.5 Å². The summed E-state index contributed by atoms with van der Waals surface area (Å²) in [6.45, 7) is 1.82. The first-order valence-corrected chi connectivity index (χ1v) is 12.5. The van der Waals surface area contributed by atoms with Crippen LogP contribution in [0.3, 0.4) is 0 Å². The number of piperidine rings is 1. The number of likely N-dealkylation sites (tertiary alicyclic amines) is 1. The number of nitriles is 1. The Kier molecular flexibility index (Phi) is 8.55. The van der Waals surface area contributed by atoms with Crippen molar-refractivity contribution in [1.29, 1.82) is 5.26 Å². The Morgan fingerprint density at radius 3 is 2.46 bits per heavy atom. The lowest BCUT2D eigenvalue weighted by atomic mass is 9.85. The lowest BCUT2D eigenvalue weighted by molar-refractivity contribution is -0.134. The van der Waals surface area contributed by atoms with Gasteiger partial charge in [-0.15, -0.1) is 0 Å². The third-order valence-corrected chi connectivity index (χ3v) is 6.96. The van der Waals surface area contributed by atoms with E-state index >= 15 is 0 Å². The molecule has 1 aliphatic rings. The average molecular weight is 497 g/mol. The number of nitrogens with zero attached hydrogens (tertiary/aromatic N) is 2. The average Bonchev–Trinajstić information content (AvgIpc) is 2.95. The molecule has 37 heavy (non-hydrogen) atoms. The highest BCUT2D eigenvalue weighted by molar-refractivity contribution is 5.83. The van der Waals surface area contributed by atoms with Gasteiger partial charge in [-0.3, -0.25) is 9.59 Å². The van der Waals surface area contributed by atoms with Crippen LogP contribution in [0.4, 0.5) is 0 Å². The molecule has 3 N–H and O–H groups in total. The lowest BCUT2D eigenvalue weighted by Crippen LogP contribution is -2.49. The van der Waals surface area contributed by atoms with Gasteiger partial charge in [0.2, 0.25) is 11.8 Å². The van der Waals surface area contributed by atoms with Crippen LogP contribution in [0.5, 0.6) is 5.75 Å². The van der Waals surface area contributed by atoms with Crippen LogP contribution in [0.1, 0.15) is 41.9 Å². The number of carbonyl (C=O) groups is 2. The quantitative estimate of drug-likeness (QED) is 0.466. The molecule has 0 aliphatic carbocycles. The summed E-state index contributed by atoms with van der Waals surface area (Å²) < 4.78 is 5.65. The molecule has 2 atom stereocenters. The fourth-order valence-electron chi connectivity index (χ4n) is 4.92. The molecule has 0 spiro atoms. The van der Waals surface area contributed by atoms with Crippen molar-refractivity contribution >= 4 is 11.8 Å². The molecule has 2 amide bonds. The smallest absolute Gasteiger partial charge is 0.223 e. The van der Waals surface area contributed by atoms with Gasteiger partial charge in [0.05, 0.1) is 18.7 Å². The largest absolute Gasteiger partial charge is 0.496 e. The number of ether oxygens (including phenoxy) is 1. The molecular weight excluding hydrogens is 464 g/mol. The van der Waals surface area contributed by atoms with Gasteiger partial charge in [0.1, 0.15) is 5.75 Å². The fraction of sp³-hybridized carbons (Fsp3) is 0.300. The van der Waals surface area contributed by atoms with Crippen molar-refractivity contribution in [1.82, 2.24) is 10.2 Å². The highest BCUT2D eigenvalue weighted by Crippen LogP contribution is 2.30. The van der Waals surface area contributed by atoms with E-state index < -0.39 is 5.91 Å². The zero-order valence-corrected chi connectivity index (χ0v) is 21.0. The van der Waals surface area contributed by atoms with Gasteiger partial charge < -0.3 is 20.7 Å². The number of benzene rings is 3. The van der Waals surface area contributed by atoms with Crippen LogP contribution in [0, 0.1) is 11.3 Å². The van der Waals surface area contributed by atoms with E-state index in [4.69, 9.17) is 15.7 Å². The van der Waals surface area contributed by atoms with Crippen molar-refractivity contribution in [2.24, 2.45) is 5.73 Å². The molecule has 7 heteroatoms. The SMILES string of the molecule is COc1ccc(-c2ccc(C#N)cc2)cc1CN[C@H]1CCN(C(=O)CCC(N)=O)C[C@H]1c1ccccc1. The number of primary amides is 1. The number of carbonyl (C=O) groups excluding carboxylic acids is 2. The van der Waals surface area contributed by atoms with Crippen LogP contribution in [-0.4, -0.2) is 43.0 Å². The molecule has 1 heterocycles. The summed E-state index contributed by atoms with van der Waals surface area (Å²) in [5.74, 6) is 0.428. The molecule has 190 valence electrons. The number of hydrogen-bond donors (Lipinski definition) is 2. The topological polar surface area (TPSA) is 108 Å². The highest BCUT2D eigenvalue weighted by atomic mass is 16.5. The summed E-state index contributed by atoms with van der Waals surface area (Å²) in [5, 5.41) is 12.8. The standard InChI is InChI=1S/C30H32N4O3/c1-37-28-12-11-24(22-9-7-21(18-31)8-10-22)17-25(28)19-33-27-15-16-34(30(36)14-13-29(32)35)20-26(27)23-5-3-2-4-6-23/h2-12,17,26-27,33H,13-16,19-20H2,1H3,(H2,32,35)/t26-,27-/m0/s1. The zero-order chi connectivity index (χ0) is 26.2. The first-order chi connectivity index (χ1) is 18.0. The van der Waals surface area contributed by atoms with E-state index in [9.17, 15) is 9.59 Å². The van der Waals surface area contributed by atoms with Crippen molar-refractivity contribution in [2.45, 2.75) is 37.8 Å². The van der Waals surface area contributed by atoms with Gasteiger partial charge in [0.25, 0.3) is 0 Å². The zero-order valence-electron chi connectivity index (χ0n) is 21.0. The molecule has 0 bridgehead atoms. The Hall–Kier alpha value is -4.15. The minimum Gasteiger partial charge on any atom is -0.496 e. The van der Waals surface area contributed by atoms with Gasteiger partial charge >= 0.3 is 0 Å². The predicted octanol–water partition coefficient (Wildman–Crippen LogP) is 3.97. The van der Waals surface area contributed by atoms with Gasteiger partial charge in [-0.2, -0.15) is 5.26 Å². The number of amides is 2.